The predicted molar refractivity (Wildman–Crippen MR) is 116 cm³/mol. The molecule has 1 aliphatic rings. The van der Waals surface area contributed by atoms with Gasteiger partial charge in [0.2, 0.25) is 0 Å². The first-order chi connectivity index (χ1) is 14.1. The SMILES string of the molecule is OC1CCN(c2nc3cc(Cl)ccc3cc2CNCCc2ccc(F)cc2)CC1. The number of aromatic nitrogens is 1. The number of fused-ring (bicyclic) bond motifs is 1. The summed E-state index contributed by atoms with van der Waals surface area (Å²) < 4.78 is 13.0. The minimum absolute atomic E-state index is 0.208. The van der Waals surface area contributed by atoms with E-state index in [0.29, 0.717) is 11.6 Å². The molecule has 152 valence electrons. The van der Waals surface area contributed by atoms with Crippen LogP contribution in [0.2, 0.25) is 5.02 Å². The number of aliphatic hydroxyl groups is 1. The Labute approximate surface area is 175 Å². The number of piperidine rings is 1. The molecule has 4 nitrogen and oxygen atoms in total. The van der Waals surface area contributed by atoms with Crippen LogP contribution in [0.3, 0.4) is 0 Å². The molecular weight excluding hydrogens is 389 g/mol. The van der Waals surface area contributed by atoms with Crippen LogP contribution in [-0.4, -0.2) is 35.8 Å². The third-order valence-electron chi connectivity index (χ3n) is 5.42. The van der Waals surface area contributed by atoms with Crippen molar-refractivity contribution in [1.82, 2.24) is 10.3 Å². The zero-order valence-electron chi connectivity index (χ0n) is 16.2. The van der Waals surface area contributed by atoms with Gasteiger partial charge in [0.1, 0.15) is 11.6 Å². The highest BCUT2D eigenvalue weighted by molar-refractivity contribution is 6.31. The van der Waals surface area contributed by atoms with Gasteiger partial charge in [-0.15, -0.1) is 0 Å². The second-order valence-electron chi connectivity index (χ2n) is 7.58. The summed E-state index contributed by atoms with van der Waals surface area (Å²) in [5.41, 5.74) is 3.12. The number of halogens is 2. The summed E-state index contributed by atoms with van der Waals surface area (Å²) in [6, 6.07) is 14.6. The van der Waals surface area contributed by atoms with E-state index in [9.17, 15) is 9.50 Å². The second kappa shape index (κ2) is 9.08. The predicted octanol–water partition coefficient (Wildman–Crippen LogP) is 4.32. The van der Waals surface area contributed by atoms with Crippen molar-refractivity contribution in [3.8, 4) is 0 Å². The number of pyridine rings is 1. The Bertz CT molecular complexity index is 972. The molecule has 1 fully saturated rings. The van der Waals surface area contributed by atoms with E-state index in [-0.39, 0.29) is 11.9 Å². The summed E-state index contributed by atoms with van der Waals surface area (Å²) in [6.45, 7) is 3.08. The molecule has 6 heteroatoms. The topological polar surface area (TPSA) is 48.4 Å². The van der Waals surface area contributed by atoms with Gasteiger partial charge in [0, 0.05) is 35.6 Å². The molecule has 1 aliphatic heterocycles. The quantitative estimate of drug-likeness (QED) is 0.591. The summed E-state index contributed by atoms with van der Waals surface area (Å²) >= 11 is 6.16. The van der Waals surface area contributed by atoms with Gasteiger partial charge in [-0.2, -0.15) is 0 Å². The lowest BCUT2D eigenvalue weighted by molar-refractivity contribution is 0.145. The maximum absolute atomic E-state index is 13.0. The number of aliphatic hydroxyl groups excluding tert-OH is 1. The number of rotatable bonds is 6. The van der Waals surface area contributed by atoms with Crippen LogP contribution in [0.25, 0.3) is 10.9 Å². The zero-order valence-corrected chi connectivity index (χ0v) is 17.0. The van der Waals surface area contributed by atoms with Crippen LogP contribution in [0.1, 0.15) is 24.0 Å². The molecule has 0 bridgehead atoms. The fourth-order valence-electron chi connectivity index (χ4n) is 3.76. The van der Waals surface area contributed by atoms with E-state index in [2.05, 4.69) is 16.3 Å². The number of hydrogen-bond donors (Lipinski definition) is 2. The lowest BCUT2D eigenvalue weighted by atomic mass is 10.1. The molecule has 2 heterocycles. The van der Waals surface area contributed by atoms with Gasteiger partial charge >= 0.3 is 0 Å². The van der Waals surface area contributed by atoms with Crippen LogP contribution in [-0.2, 0) is 13.0 Å². The largest absolute Gasteiger partial charge is 0.393 e. The molecule has 0 saturated carbocycles. The molecule has 3 aromatic rings. The first kappa shape index (κ1) is 20.1. The Morgan fingerprint density at radius 3 is 2.62 bits per heavy atom. The molecule has 1 saturated heterocycles. The lowest BCUT2D eigenvalue weighted by Crippen LogP contribution is -2.37. The third kappa shape index (κ3) is 5.04. The van der Waals surface area contributed by atoms with Crippen LogP contribution < -0.4 is 10.2 Å². The van der Waals surface area contributed by atoms with Gasteiger partial charge in [-0.05, 0) is 61.7 Å². The van der Waals surface area contributed by atoms with Gasteiger partial charge in [-0.25, -0.2) is 9.37 Å². The molecule has 29 heavy (non-hydrogen) atoms. The van der Waals surface area contributed by atoms with Gasteiger partial charge < -0.3 is 15.3 Å². The number of nitrogens with zero attached hydrogens (tertiary/aromatic N) is 2. The molecular formula is C23H25ClFN3O. The van der Waals surface area contributed by atoms with Crippen molar-refractivity contribution in [1.29, 1.82) is 0 Å². The highest BCUT2D eigenvalue weighted by Gasteiger charge is 2.21. The molecule has 0 atom stereocenters. The monoisotopic (exact) mass is 413 g/mol. The minimum Gasteiger partial charge on any atom is -0.393 e. The minimum atomic E-state index is -0.224. The smallest absolute Gasteiger partial charge is 0.133 e. The molecule has 0 radical (unpaired) electrons. The zero-order chi connectivity index (χ0) is 20.2. The van der Waals surface area contributed by atoms with Crippen LogP contribution in [0.5, 0.6) is 0 Å². The standard InChI is InChI=1S/C23H25ClFN3O/c24-19-4-3-17-13-18(15-26-10-7-16-1-5-20(25)6-2-16)23(27-22(17)14-19)28-11-8-21(29)9-12-28/h1-6,13-14,21,26,29H,7-12,15H2. The summed E-state index contributed by atoms with van der Waals surface area (Å²) in [4.78, 5) is 7.16. The molecule has 0 unspecified atom stereocenters. The summed E-state index contributed by atoms with van der Waals surface area (Å²) in [6.07, 6.45) is 2.13. The van der Waals surface area contributed by atoms with Crippen molar-refractivity contribution < 1.29 is 9.50 Å². The van der Waals surface area contributed by atoms with E-state index in [1.165, 1.54) is 12.1 Å². The molecule has 1 aromatic heterocycles. The Morgan fingerprint density at radius 2 is 1.86 bits per heavy atom. The average molecular weight is 414 g/mol. The van der Waals surface area contributed by atoms with E-state index in [1.807, 2.05) is 30.3 Å². The lowest BCUT2D eigenvalue weighted by Gasteiger charge is -2.32. The first-order valence-electron chi connectivity index (χ1n) is 10.1. The van der Waals surface area contributed by atoms with Gasteiger partial charge in [0.05, 0.1) is 11.6 Å². The van der Waals surface area contributed by atoms with Gasteiger partial charge in [0.15, 0.2) is 0 Å². The fraction of sp³-hybridized carbons (Fsp3) is 0.348. The highest BCUT2D eigenvalue weighted by atomic mass is 35.5. The summed E-state index contributed by atoms with van der Waals surface area (Å²) in [7, 11) is 0. The highest BCUT2D eigenvalue weighted by Crippen LogP contribution is 2.28. The Kier molecular flexibility index (Phi) is 6.28. The number of hydrogen-bond acceptors (Lipinski definition) is 4. The van der Waals surface area contributed by atoms with Crippen molar-refractivity contribution in [3.05, 3.63) is 70.5 Å². The van der Waals surface area contributed by atoms with E-state index in [1.54, 1.807) is 0 Å². The van der Waals surface area contributed by atoms with Crippen molar-refractivity contribution in [2.45, 2.75) is 31.9 Å². The van der Waals surface area contributed by atoms with E-state index >= 15 is 0 Å². The molecule has 2 aromatic carbocycles. The Morgan fingerprint density at radius 1 is 1.10 bits per heavy atom. The number of nitrogens with one attached hydrogen (secondary N) is 1. The fourth-order valence-corrected chi connectivity index (χ4v) is 3.93. The van der Waals surface area contributed by atoms with Gasteiger partial charge in [-0.1, -0.05) is 29.8 Å². The van der Waals surface area contributed by atoms with E-state index in [0.717, 1.165) is 66.7 Å². The van der Waals surface area contributed by atoms with Gasteiger partial charge in [0.25, 0.3) is 0 Å². The molecule has 0 aliphatic carbocycles. The summed E-state index contributed by atoms with van der Waals surface area (Å²) in [5, 5.41) is 15.1. The van der Waals surface area contributed by atoms with Crippen LogP contribution in [0.4, 0.5) is 10.2 Å². The van der Waals surface area contributed by atoms with Crippen LogP contribution in [0.15, 0.2) is 48.5 Å². The maximum Gasteiger partial charge on any atom is 0.133 e. The molecule has 0 amide bonds. The van der Waals surface area contributed by atoms with Crippen LogP contribution in [0, 0.1) is 5.82 Å². The Balaban J connectivity index is 1.50. The van der Waals surface area contributed by atoms with E-state index in [4.69, 9.17) is 16.6 Å². The number of anilines is 1. The second-order valence-corrected chi connectivity index (χ2v) is 8.02. The average Bonchev–Trinajstić information content (AvgIpc) is 2.72. The van der Waals surface area contributed by atoms with Crippen LogP contribution >= 0.6 is 11.6 Å². The van der Waals surface area contributed by atoms with Crippen molar-refractivity contribution >= 4 is 28.3 Å². The third-order valence-corrected chi connectivity index (χ3v) is 5.65. The van der Waals surface area contributed by atoms with Crippen molar-refractivity contribution in [2.75, 3.05) is 24.5 Å². The van der Waals surface area contributed by atoms with E-state index < -0.39 is 0 Å². The number of benzene rings is 2. The van der Waals surface area contributed by atoms with Crippen molar-refractivity contribution in [3.63, 3.8) is 0 Å². The summed E-state index contributed by atoms with van der Waals surface area (Å²) in [5.74, 6) is 0.751. The van der Waals surface area contributed by atoms with Gasteiger partial charge in [-0.3, -0.25) is 0 Å². The molecule has 2 N–H and O–H groups in total. The normalized spacial score (nSPS) is 15.2. The molecule has 4 rings (SSSR count). The maximum atomic E-state index is 13.0. The first-order valence-corrected chi connectivity index (χ1v) is 10.4. The van der Waals surface area contributed by atoms with Crippen molar-refractivity contribution in [2.24, 2.45) is 0 Å². The Hall–Kier alpha value is -2.21. The molecule has 0 spiro atoms.